The van der Waals surface area contributed by atoms with Gasteiger partial charge in [0, 0.05) is 10.9 Å². The Bertz CT molecular complexity index is 616. The fraction of sp³-hybridized carbons (Fsp3) is 0.556. The van der Waals surface area contributed by atoms with Crippen molar-refractivity contribution in [2.24, 2.45) is 0 Å². The molecule has 0 saturated heterocycles. The average molecular weight is 338 g/mol. The maximum atomic E-state index is 13.2. The normalized spacial score (nSPS) is 23.3. The Hall–Kier alpha value is -1.09. The quantitative estimate of drug-likeness (QED) is 0.604. The Morgan fingerprint density at radius 3 is 2.35 bits per heavy atom. The van der Waals surface area contributed by atoms with Crippen LogP contribution in [0.25, 0.3) is 5.57 Å². The number of hydrogen-bond donors (Lipinski definition) is 0. The SMILES string of the molecule is CCCCC1=C(c2ccc(OC)cc2)C(C)(C)OP1(=O)OCC. The summed E-state index contributed by atoms with van der Waals surface area (Å²) in [6.45, 7) is 8.26. The summed E-state index contributed by atoms with van der Waals surface area (Å²) in [6, 6.07) is 7.82. The van der Waals surface area contributed by atoms with Crippen LogP contribution < -0.4 is 4.74 Å². The number of ether oxygens (including phenoxy) is 1. The van der Waals surface area contributed by atoms with Gasteiger partial charge in [0.05, 0.1) is 19.3 Å². The Balaban J connectivity index is 2.55. The molecule has 1 heterocycles. The monoisotopic (exact) mass is 338 g/mol. The van der Waals surface area contributed by atoms with Crippen molar-refractivity contribution in [2.75, 3.05) is 13.7 Å². The van der Waals surface area contributed by atoms with Crippen molar-refractivity contribution in [1.82, 2.24) is 0 Å². The number of rotatable bonds is 7. The van der Waals surface area contributed by atoms with Crippen molar-refractivity contribution in [1.29, 1.82) is 0 Å². The van der Waals surface area contributed by atoms with Crippen molar-refractivity contribution >= 4 is 13.2 Å². The van der Waals surface area contributed by atoms with E-state index < -0.39 is 13.2 Å². The molecule has 0 amide bonds. The highest BCUT2D eigenvalue weighted by molar-refractivity contribution is 7.59. The lowest BCUT2D eigenvalue weighted by Gasteiger charge is -2.23. The van der Waals surface area contributed by atoms with E-state index in [1.165, 1.54) is 0 Å². The van der Waals surface area contributed by atoms with Crippen LogP contribution in [0, 0.1) is 0 Å². The van der Waals surface area contributed by atoms with Gasteiger partial charge in [-0.3, -0.25) is 9.09 Å². The minimum Gasteiger partial charge on any atom is -0.497 e. The zero-order chi connectivity index (χ0) is 17.1. The van der Waals surface area contributed by atoms with Gasteiger partial charge in [-0.15, -0.1) is 0 Å². The third-order valence-corrected chi connectivity index (χ3v) is 6.42. The van der Waals surface area contributed by atoms with Crippen LogP contribution in [0.15, 0.2) is 29.6 Å². The van der Waals surface area contributed by atoms with Crippen molar-refractivity contribution in [3.8, 4) is 5.75 Å². The van der Waals surface area contributed by atoms with E-state index in [1.54, 1.807) is 7.11 Å². The van der Waals surface area contributed by atoms with Gasteiger partial charge in [0.1, 0.15) is 5.75 Å². The Morgan fingerprint density at radius 1 is 1.17 bits per heavy atom. The van der Waals surface area contributed by atoms with Crippen LogP contribution in [-0.4, -0.2) is 19.3 Å². The van der Waals surface area contributed by atoms with E-state index in [9.17, 15) is 4.57 Å². The second-order valence-electron chi connectivity index (χ2n) is 6.17. The molecule has 0 radical (unpaired) electrons. The third-order valence-electron chi connectivity index (χ3n) is 4.01. The van der Waals surface area contributed by atoms with Gasteiger partial charge in [-0.1, -0.05) is 25.5 Å². The first kappa shape index (κ1) is 18.3. The average Bonchev–Trinajstić information content (AvgIpc) is 2.70. The number of benzene rings is 1. The Morgan fingerprint density at radius 2 is 1.83 bits per heavy atom. The Labute approximate surface area is 139 Å². The highest BCUT2D eigenvalue weighted by Gasteiger charge is 2.48. The molecular formula is C18H27O4P. The predicted molar refractivity (Wildman–Crippen MR) is 93.8 cm³/mol. The van der Waals surface area contributed by atoms with Crippen LogP contribution >= 0.6 is 7.60 Å². The van der Waals surface area contributed by atoms with Gasteiger partial charge in [0.25, 0.3) is 0 Å². The van der Waals surface area contributed by atoms with Crippen molar-refractivity contribution in [3.63, 3.8) is 0 Å². The van der Waals surface area contributed by atoms with Crippen molar-refractivity contribution in [3.05, 3.63) is 35.1 Å². The molecule has 4 nitrogen and oxygen atoms in total. The van der Waals surface area contributed by atoms with Crippen LogP contribution in [0.5, 0.6) is 5.75 Å². The molecule has 0 fully saturated rings. The van der Waals surface area contributed by atoms with Crippen LogP contribution in [0.1, 0.15) is 52.5 Å². The van der Waals surface area contributed by atoms with E-state index in [1.807, 2.05) is 45.0 Å². The number of unbranched alkanes of at least 4 members (excludes halogenated alkanes) is 1. The zero-order valence-electron chi connectivity index (χ0n) is 14.7. The molecule has 1 aromatic carbocycles. The predicted octanol–water partition coefficient (Wildman–Crippen LogP) is 5.63. The third kappa shape index (κ3) is 3.71. The molecular weight excluding hydrogens is 311 g/mol. The van der Waals surface area contributed by atoms with E-state index in [2.05, 4.69) is 6.92 Å². The van der Waals surface area contributed by atoms with Gasteiger partial charge in [0.2, 0.25) is 0 Å². The molecule has 2 rings (SSSR count). The van der Waals surface area contributed by atoms with Gasteiger partial charge in [0.15, 0.2) is 0 Å². The summed E-state index contributed by atoms with van der Waals surface area (Å²) in [4.78, 5) is 0. The van der Waals surface area contributed by atoms with E-state index in [0.29, 0.717) is 6.61 Å². The lowest BCUT2D eigenvalue weighted by atomic mass is 9.90. The summed E-state index contributed by atoms with van der Waals surface area (Å²) in [6.07, 6.45) is 2.73. The molecule has 0 N–H and O–H groups in total. The lowest BCUT2D eigenvalue weighted by Crippen LogP contribution is -2.20. The van der Waals surface area contributed by atoms with Crippen molar-refractivity contribution in [2.45, 2.75) is 52.6 Å². The highest BCUT2D eigenvalue weighted by Crippen LogP contribution is 2.69. The summed E-state index contributed by atoms with van der Waals surface area (Å²) >= 11 is 0. The fourth-order valence-electron chi connectivity index (χ4n) is 3.04. The van der Waals surface area contributed by atoms with Crippen molar-refractivity contribution < 1.29 is 18.3 Å². The molecule has 0 aromatic heterocycles. The minimum absolute atomic E-state index is 0.374. The molecule has 1 aliphatic heterocycles. The first-order valence-corrected chi connectivity index (χ1v) is 9.76. The van der Waals surface area contributed by atoms with E-state index >= 15 is 0 Å². The van der Waals surface area contributed by atoms with Crippen LogP contribution in [0.3, 0.4) is 0 Å². The number of methoxy groups -OCH3 is 1. The highest BCUT2D eigenvalue weighted by atomic mass is 31.2. The lowest BCUT2D eigenvalue weighted by molar-refractivity contribution is 0.142. The number of allylic oxidation sites excluding steroid dienone is 1. The van der Waals surface area contributed by atoms with Gasteiger partial charge in [-0.05, 0) is 51.3 Å². The maximum absolute atomic E-state index is 13.2. The van der Waals surface area contributed by atoms with Crippen LogP contribution in [0.4, 0.5) is 0 Å². The molecule has 5 heteroatoms. The summed E-state index contributed by atoms with van der Waals surface area (Å²) in [5.74, 6) is 0.800. The molecule has 0 aliphatic carbocycles. The smallest absolute Gasteiger partial charge is 0.358 e. The first-order valence-electron chi connectivity index (χ1n) is 8.22. The minimum atomic E-state index is -3.22. The van der Waals surface area contributed by atoms with Crippen LogP contribution in [-0.2, 0) is 13.6 Å². The molecule has 0 bridgehead atoms. The summed E-state index contributed by atoms with van der Waals surface area (Å²) in [5, 5.41) is 0.830. The fourth-order valence-corrected chi connectivity index (χ4v) is 5.49. The van der Waals surface area contributed by atoms with Crippen LogP contribution in [0.2, 0.25) is 0 Å². The molecule has 23 heavy (non-hydrogen) atoms. The zero-order valence-corrected chi connectivity index (χ0v) is 15.6. The molecule has 1 atom stereocenters. The number of hydrogen-bond acceptors (Lipinski definition) is 4. The van der Waals surface area contributed by atoms with Gasteiger partial charge < -0.3 is 9.26 Å². The summed E-state index contributed by atoms with van der Waals surface area (Å²) in [5.41, 5.74) is 1.37. The molecule has 0 saturated carbocycles. The molecule has 0 spiro atoms. The van der Waals surface area contributed by atoms with E-state index in [0.717, 1.165) is 41.5 Å². The Kier molecular flexibility index (Phi) is 5.72. The standard InChI is InChI=1S/C18H27O4P/c1-6-8-9-16-17(14-10-12-15(20-5)13-11-14)18(3,4)22-23(16,19)21-7-2/h10-13H,6-9H2,1-5H3. The largest absolute Gasteiger partial charge is 0.497 e. The second-order valence-corrected chi connectivity index (χ2v) is 8.15. The summed E-state index contributed by atoms with van der Waals surface area (Å²) < 4.78 is 30.0. The second kappa shape index (κ2) is 7.21. The maximum Gasteiger partial charge on any atom is 0.358 e. The van der Waals surface area contributed by atoms with Gasteiger partial charge >= 0.3 is 7.60 Å². The molecule has 128 valence electrons. The van der Waals surface area contributed by atoms with Gasteiger partial charge in [-0.2, -0.15) is 0 Å². The topological polar surface area (TPSA) is 44.8 Å². The van der Waals surface area contributed by atoms with Gasteiger partial charge in [-0.25, -0.2) is 0 Å². The summed E-state index contributed by atoms with van der Waals surface area (Å²) in [7, 11) is -1.58. The molecule has 1 aromatic rings. The van der Waals surface area contributed by atoms with E-state index in [-0.39, 0.29) is 0 Å². The molecule has 1 unspecified atom stereocenters. The first-order chi connectivity index (χ1) is 10.9. The molecule has 1 aliphatic rings. The van der Waals surface area contributed by atoms with E-state index in [4.69, 9.17) is 13.8 Å².